The highest BCUT2D eigenvalue weighted by atomic mass is 35.5. The van der Waals surface area contributed by atoms with E-state index in [1.807, 2.05) is 24.3 Å². The van der Waals surface area contributed by atoms with Crippen molar-refractivity contribution in [1.82, 2.24) is 9.55 Å². The van der Waals surface area contributed by atoms with Crippen LogP contribution < -0.4 is 0 Å². The van der Waals surface area contributed by atoms with E-state index in [1.165, 1.54) is 0 Å². The molecule has 0 aliphatic carbocycles. The Morgan fingerprint density at radius 3 is 3.00 bits per heavy atom. The molecule has 0 fully saturated rings. The van der Waals surface area contributed by atoms with Gasteiger partial charge in [0.1, 0.15) is 5.82 Å². The Labute approximate surface area is 117 Å². The Morgan fingerprint density at radius 1 is 1.37 bits per heavy atom. The highest BCUT2D eigenvalue weighted by Gasteiger charge is 2.20. The molecule has 1 N–H and O–H groups in total. The first-order valence-corrected chi connectivity index (χ1v) is 7.06. The van der Waals surface area contributed by atoms with E-state index in [1.54, 1.807) is 0 Å². The van der Waals surface area contributed by atoms with Gasteiger partial charge in [-0.1, -0.05) is 29.8 Å². The summed E-state index contributed by atoms with van der Waals surface area (Å²) in [5.74, 6) is 1.09. The van der Waals surface area contributed by atoms with E-state index in [0.717, 1.165) is 47.8 Å². The summed E-state index contributed by atoms with van der Waals surface area (Å²) in [6.07, 6.45) is 5.95. The molecule has 0 saturated heterocycles. The summed E-state index contributed by atoms with van der Waals surface area (Å²) < 4.78 is 2.13. The smallest absolute Gasteiger partial charge is 0.109 e. The molecule has 4 heteroatoms. The van der Waals surface area contributed by atoms with E-state index >= 15 is 0 Å². The van der Waals surface area contributed by atoms with Gasteiger partial charge in [-0.05, 0) is 24.5 Å². The average molecular weight is 277 g/mol. The van der Waals surface area contributed by atoms with Crippen LogP contribution in [-0.4, -0.2) is 21.3 Å². The van der Waals surface area contributed by atoms with Crippen molar-refractivity contribution in [3.8, 4) is 0 Å². The van der Waals surface area contributed by atoms with Crippen molar-refractivity contribution in [3.05, 3.63) is 52.6 Å². The number of hydrogen-bond donors (Lipinski definition) is 1. The van der Waals surface area contributed by atoms with E-state index in [4.69, 9.17) is 11.6 Å². The minimum Gasteiger partial charge on any atom is -0.394 e. The summed E-state index contributed by atoms with van der Waals surface area (Å²) in [7, 11) is 0. The molecule has 0 saturated carbocycles. The second-order valence-electron chi connectivity index (χ2n) is 5.05. The largest absolute Gasteiger partial charge is 0.394 e. The van der Waals surface area contributed by atoms with E-state index in [2.05, 4.69) is 15.7 Å². The zero-order chi connectivity index (χ0) is 13.2. The molecule has 3 nitrogen and oxygen atoms in total. The van der Waals surface area contributed by atoms with Crippen LogP contribution in [-0.2, 0) is 12.8 Å². The lowest BCUT2D eigenvalue weighted by molar-refractivity contribution is 0.206. The molecule has 2 heterocycles. The number of nitrogens with zero attached hydrogens (tertiary/aromatic N) is 2. The summed E-state index contributed by atoms with van der Waals surface area (Å²) in [4.78, 5) is 4.68. The normalized spacial score (nSPS) is 18.3. The van der Waals surface area contributed by atoms with Gasteiger partial charge in [-0.2, -0.15) is 0 Å². The van der Waals surface area contributed by atoms with Gasteiger partial charge in [-0.3, -0.25) is 0 Å². The quantitative estimate of drug-likeness (QED) is 0.936. The molecule has 0 spiro atoms. The minimum atomic E-state index is 0.189. The number of aryl methyl sites for hydroxylation is 1. The second kappa shape index (κ2) is 5.35. The number of hydrogen-bond acceptors (Lipinski definition) is 2. The molecule has 1 aliphatic rings. The Hall–Kier alpha value is -1.32. The Balaban J connectivity index is 1.87. The lowest BCUT2D eigenvalue weighted by atomic mass is 10.1. The fourth-order valence-electron chi connectivity index (χ4n) is 2.72. The lowest BCUT2D eigenvalue weighted by Crippen LogP contribution is -2.20. The number of aliphatic hydroxyl groups is 1. The van der Waals surface area contributed by atoms with E-state index < -0.39 is 0 Å². The van der Waals surface area contributed by atoms with Gasteiger partial charge in [0, 0.05) is 24.1 Å². The monoisotopic (exact) mass is 276 g/mol. The van der Waals surface area contributed by atoms with Gasteiger partial charge in [-0.15, -0.1) is 0 Å². The molecule has 0 amide bonds. The highest BCUT2D eigenvalue weighted by molar-refractivity contribution is 6.31. The predicted molar refractivity (Wildman–Crippen MR) is 75.5 cm³/mol. The predicted octanol–water partition coefficient (Wildman–Crippen LogP) is 3.00. The number of fused-ring (bicyclic) bond motifs is 1. The third-order valence-corrected chi connectivity index (χ3v) is 4.10. The number of aliphatic hydroxyl groups excluding tert-OH is 1. The molecular formula is C15H17ClN2O. The van der Waals surface area contributed by atoms with Gasteiger partial charge in [0.25, 0.3) is 0 Å². The van der Waals surface area contributed by atoms with Gasteiger partial charge < -0.3 is 9.67 Å². The zero-order valence-corrected chi connectivity index (χ0v) is 11.5. The molecule has 3 rings (SSSR count). The van der Waals surface area contributed by atoms with Gasteiger partial charge in [0.2, 0.25) is 0 Å². The Bertz CT molecular complexity index is 579. The fraction of sp³-hybridized carbons (Fsp3) is 0.400. The fourth-order valence-corrected chi connectivity index (χ4v) is 2.93. The van der Waals surface area contributed by atoms with Crippen LogP contribution in [0.15, 0.2) is 30.5 Å². The zero-order valence-electron chi connectivity index (χ0n) is 10.7. The van der Waals surface area contributed by atoms with Crippen molar-refractivity contribution in [1.29, 1.82) is 0 Å². The summed E-state index contributed by atoms with van der Waals surface area (Å²) in [6.45, 7) is 0.189. The van der Waals surface area contributed by atoms with Crippen molar-refractivity contribution in [3.63, 3.8) is 0 Å². The van der Waals surface area contributed by atoms with Gasteiger partial charge >= 0.3 is 0 Å². The summed E-state index contributed by atoms with van der Waals surface area (Å²) in [5, 5.41) is 10.2. The van der Waals surface area contributed by atoms with Gasteiger partial charge in [0.15, 0.2) is 0 Å². The van der Waals surface area contributed by atoms with Crippen molar-refractivity contribution < 1.29 is 5.11 Å². The van der Waals surface area contributed by atoms with Crippen LogP contribution in [0.1, 0.15) is 36.0 Å². The SMILES string of the molecule is OCC1CCCc2nc(Cc3ccccc3Cl)cn21. The molecule has 1 aromatic carbocycles. The third kappa shape index (κ3) is 2.53. The molecule has 1 atom stereocenters. The maximum absolute atomic E-state index is 9.41. The standard InChI is InChI=1S/C15H17ClN2O/c16-14-6-2-1-4-11(14)8-12-9-18-13(10-19)5-3-7-15(18)17-12/h1-2,4,6,9,13,19H,3,5,7-8,10H2. The van der Waals surface area contributed by atoms with Crippen LogP contribution in [0.5, 0.6) is 0 Å². The third-order valence-electron chi connectivity index (χ3n) is 3.73. The van der Waals surface area contributed by atoms with Crippen molar-refractivity contribution >= 4 is 11.6 Å². The molecule has 1 aromatic heterocycles. The molecular weight excluding hydrogens is 260 g/mol. The molecule has 1 unspecified atom stereocenters. The first-order valence-electron chi connectivity index (χ1n) is 6.69. The highest BCUT2D eigenvalue weighted by Crippen LogP contribution is 2.26. The first-order chi connectivity index (χ1) is 9.28. The number of aromatic nitrogens is 2. The van der Waals surface area contributed by atoms with Gasteiger partial charge in [-0.25, -0.2) is 4.98 Å². The molecule has 0 radical (unpaired) electrons. The maximum atomic E-state index is 9.41. The number of benzene rings is 1. The van der Waals surface area contributed by atoms with Crippen LogP contribution in [0.4, 0.5) is 0 Å². The van der Waals surface area contributed by atoms with E-state index in [-0.39, 0.29) is 12.6 Å². The van der Waals surface area contributed by atoms with Crippen molar-refractivity contribution in [2.75, 3.05) is 6.61 Å². The van der Waals surface area contributed by atoms with Crippen LogP contribution in [0.2, 0.25) is 5.02 Å². The summed E-state index contributed by atoms with van der Waals surface area (Å²) in [6, 6.07) is 8.06. The van der Waals surface area contributed by atoms with E-state index in [9.17, 15) is 5.11 Å². The summed E-state index contributed by atoms with van der Waals surface area (Å²) in [5.41, 5.74) is 2.13. The number of rotatable bonds is 3. The molecule has 100 valence electrons. The summed E-state index contributed by atoms with van der Waals surface area (Å²) >= 11 is 6.18. The number of imidazole rings is 1. The second-order valence-corrected chi connectivity index (χ2v) is 5.46. The van der Waals surface area contributed by atoms with Crippen LogP contribution in [0, 0.1) is 0 Å². The molecule has 2 aromatic rings. The molecule has 1 aliphatic heterocycles. The minimum absolute atomic E-state index is 0.189. The van der Waals surface area contributed by atoms with Crippen molar-refractivity contribution in [2.24, 2.45) is 0 Å². The van der Waals surface area contributed by atoms with Crippen LogP contribution in [0.3, 0.4) is 0 Å². The lowest BCUT2D eigenvalue weighted by Gasteiger charge is -2.22. The molecule has 19 heavy (non-hydrogen) atoms. The molecule has 0 bridgehead atoms. The number of halogens is 1. The van der Waals surface area contributed by atoms with E-state index in [0.29, 0.717) is 0 Å². The average Bonchev–Trinajstić information content (AvgIpc) is 2.83. The van der Waals surface area contributed by atoms with Crippen LogP contribution >= 0.6 is 11.6 Å². The Kier molecular flexibility index (Phi) is 3.58. The van der Waals surface area contributed by atoms with Gasteiger partial charge in [0.05, 0.1) is 18.3 Å². The maximum Gasteiger partial charge on any atom is 0.109 e. The topological polar surface area (TPSA) is 38.1 Å². The van der Waals surface area contributed by atoms with Crippen LogP contribution in [0.25, 0.3) is 0 Å². The Morgan fingerprint density at radius 2 is 2.21 bits per heavy atom. The van der Waals surface area contributed by atoms with Crippen molar-refractivity contribution in [2.45, 2.75) is 31.7 Å². The first kappa shape index (κ1) is 12.7.